The van der Waals surface area contributed by atoms with Crippen LogP contribution >= 0.6 is 0 Å². The summed E-state index contributed by atoms with van der Waals surface area (Å²) in [6.45, 7) is 7.29. The van der Waals surface area contributed by atoms with Gasteiger partial charge in [0, 0.05) is 32.5 Å². The maximum absolute atomic E-state index is 8.70. The maximum atomic E-state index is 8.70. The third kappa shape index (κ3) is 3.07. The van der Waals surface area contributed by atoms with E-state index in [1.165, 1.54) is 16.7 Å². The maximum Gasteiger partial charge on any atom is 0.0596 e. The summed E-state index contributed by atoms with van der Waals surface area (Å²) >= 11 is 0. The van der Waals surface area contributed by atoms with Crippen molar-refractivity contribution in [3.05, 3.63) is 34.9 Å². The van der Waals surface area contributed by atoms with E-state index in [-0.39, 0.29) is 0 Å². The van der Waals surface area contributed by atoms with Gasteiger partial charge in [0.2, 0.25) is 0 Å². The second-order valence-electron chi connectivity index (χ2n) is 4.86. The fourth-order valence-corrected chi connectivity index (χ4v) is 2.23. The Morgan fingerprint density at radius 1 is 1.18 bits per heavy atom. The quantitative estimate of drug-likeness (QED) is 0.628. The van der Waals surface area contributed by atoms with Gasteiger partial charge in [-0.15, -0.1) is 0 Å². The van der Waals surface area contributed by atoms with Crippen LogP contribution in [-0.2, 0) is 6.54 Å². The molecule has 0 atom stereocenters. The molecule has 3 heteroatoms. The summed E-state index contributed by atoms with van der Waals surface area (Å²) in [6, 6.07) is 6.66. The Morgan fingerprint density at radius 2 is 1.88 bits per heavy atom. The molecule has 2 rings (SSSR count). The van der Waals surface area contributed by atoms with E-state index in [0.717, 1.165) is 38.2 Å². The third-order valence-electron chi connectivity index (χ3n) is 3.55. The van der Waals surface area contributed by atoms with Crippen molar-refractivity contribution >= 4 is 5.71 Å². The van der Waals surface area contributed by atoms with Gasteiger partial charge in [0.15, 0.2) is 0 Å². The number of benzene rings is 1. The van der Waals surface area contributed by atoms with Gasteiger partial charge in [-0.1, -0.05) is 23.4 Å². The third-order valence-corrected chi connectivity index (χ3v) is 3.55. The molecule has 0 spiro atoms. The normalized spacial score (nSPS) is 17.2. The van der Waals surface area contributed by atoms with Crippen LogP contribution < -0.4 is 0 Å². The number of piperidine rings is 1. The Hall–Kier alpha value is -1.35. The van der Waals surface area contributed by atoms with Gasteiger partial charge in [0.25, 0.3) is 0 Å². The molecule has 0 amide bonds. The highest BCUT2D eigenvalue weighted by atomic mass is 16.4. The van der Waals surface area contributed by atoms with Gasteiger partial charge in [0.1, 0.15) is 0 Å². The molecular weight excluding hydrogens is 212 g/mol. The Morgan fingerprint density at radius 3 is 2.47 bits per heavy atom. The minimum atomic E-state index is 0.890. The minimum Gasteiger partial charge on any atom is -0.411 e. The highest BCUT2D eigenvalue weighted by Crippen LogP contribution is 2.15. The van der Waals surface area contributed by atoms with Gasteiger partial charge in [-0.2, -0.15) is 0 Å². The fourth-order valence-electron chi connectivity index (χ4n) is 2.23. The first-order chi connectivity index (χ1) is 8.19. The van der Waals surface area contributed by atoms with Gasteiger partial charge in [-0.25, -0.2) is 0 Å². The lowest BCUT2D eigenvalue weighted by molar-refractivity contribution is 0.256. The minimum absolute atomic E-state index is 0.890. The summed E-state index contributed by atoms with van der Waals surface area (Å²) < 4.78 is 0. The van der Waals surface area contributed by atoms with Crippen molar-refractivity contribution in [2.24, 2.45) is 5.16 Å². The molecule has 0 saturated carbocycles. The highest BCUT2D eigenvalue weighted by molar-refractivity contribution is 5.84. The fraction of sp³-hybridized carbons (Fsp3) is 0.500. The van der Waals surface area contributed by atoms with E-state index in [0.29, 0.717) is 0 Å². The molecule has 0 bridgehead atoms. The highest BCUT2D eigenvalue weighted by Gasteiger charge is 2.15. The first-order valence-electron chi connectivity index (χ1n) is 6.17. The molecule has 1 aromatic rings. The number of rotatable bonds is 2. The molecule has 0 unspecified atom stereocenters. The summed E-state index contributed by atoms with van der Waals surface area (Å²) in [6.07, 6.45) is 1.78. The van der Waals surface area contributed by atoms with Crippen LogP contribution in [0, 0.1) is 13.8 Å². The number of nitrogens with zero attached hydrogens (tertiary/aromatic N) is 2. The largest absolute Gasteiger partial charge is 0.411 e. The second kappa shape index (κ2) is 5.32. The molecule has 92 valence electrons. The van der Waals surface area contributed by atoms with Crippen LogP contribution in [0.25, 0.3) is 0 Å². The van der Waals surface area contributed by atoms with Crippen LogP contribution in [-0.4, -0.2) is 28.9 Å². The van der Waals surface area contributed by atoms with Crippen molar-refractivity contribution in [1.82, 2.24) is 4.90 Å². The molecule has 1 aliphatic heterocycles. The second-order valence-corrected chi connectivity index (χ2v) is 4.86. The van der Waals surface area contributed by atoms with Crippen LogP contribution in [0.4, 0.5) is 0 Å². The standard InChI is InChI=1S/C14H20N2O/c1-11-3-4-13(9-12(11)2)10-16-7-5-14(15-17)6-8-16/h3-4,9,17H,5-8,10H2,1-2H3. The van der Waals surface area contributed by atoms with E-state index in [4.69, 9.17) is 5.21 Å². The first-order valence-corrected chi connectivity index (χ1v) is 6.17. The van der Waals surface area contributed by atoms with Crippen molar-refractivity contribution < 1.29 is 5.21 Å². The zero-order chi connectivity index (χ0) is 12.3. The van der Waals surface area contributed by atoms with Crippen molar-refractivity contribution in [3.8, 4) is 0 Å². The van der Waals surface area contributed by atoms with Crippen molar-refractivity contribution in [2.45, 2.75) is 33.2 Å². The summed E-state index contributed by atoms with van der Waals surface area (Å²) in [5.41, 5.74) is 5.01. The smallest absolute Gasteiger partial charge is 0.0596 e. The molecule has 1 aliphatic rings. The van der Waals surface area contributed by atoms with Crippen molar-refractivity contribution in [3.63, 3.8) is 0 Å². The molecule has 0 aromatic heterocycles. The lowest BCUT2D eigenvalue weighted by Crippen LogP contribution is -2.33. The zero-order valence-electron chi connectivity index (χ0n) is 10.6. The lowest BCUT2D eigenvalue weighted by Gasteiger charge is -2.27. The number of hydrogen-bond acceptors (Lipinski definition) is 3. The van der Waals surface area contributed by atoms with Gasteiger partial charge < -0.3 is 5.21 Å². The Labute approximate surface area is 103 Å². The van der Waals surface area contributed by atoms with E-state index in [2.05, 4.69) is 42.1 Å². The number of likely N-dealkylation sites (tertiary alicyclic amines) is 1. The average molecular weight is 232 g/mol. The summed E-state index contributed by atoms with van der Waals surface area (Å²) in [5.74, 6) is 0. The lowest BCUT2D eigenvalue weighted by atomic mass is 10.0. The predicted molar refractivity (Wildman–Crippen MR) is 69.6 cm³/mol. The molecule has 1 saturated heterocycles. The topological polar surface area (TPSA) is 35.8 Å². The van der Waals surface area contributed by atoms with Gasteiger partial charge in [-0.3, -0.25) is 4.90 Å². The summed E-state index contributed by atoms with van der Waals surface area (Å²) in [5, 5.41) is 12.0. The van der Waals surface area contributed by atoms with Crippen LogP contribution in [0.1, 0.15) is 29.5 Å². The Bertz CT molecular complexity index is 416. The zero-order valence-corrected chi connectivity index (χ0v) is 10.6. The molecule has 0 radical (unpaired) electrons. The van der Waals surface area contributed by atoms with Crippen LogP contribution in [0.3, 0.4) is 0 Å². The van der Waals surface area contributed by atoms with Crippen LogP contribution in [0.2, 0.25) is 0 Å². The molecule has 1 N–H and O–H groups in total. The van der Waals surface area contributed by atoms with Crippen molar-refractivity contribution in [1.29, 1.82) is 0 Å². The van der Waals surface area contributed by atoms with E-state index >= 15 is 0 Å². The van der Waals surface area contributed by atoms with E-state index in [1.54, 1.807) is 0 Å². The molecule has 1 fully saturated rings. The first kappa shape index (κ1) is 12.1. The number of oxime groups is 1. The van der Waals surface area contributed by atoms with E-state index in [9.17, 15) is 0 Å². The van der Waals surface area contributed by atoms with Gasteiger partial charge in [0.05, 0.1) is 5.71 Å². The summed E-state index contributed by atoms with van der Waals surface area (Å²) in [7, 11) is 0. The number of aryl methyl sites for hydroxylation is 2. The van der Waals surface area contributed by atoms with Crippen LogP contribution in [0.5, 0.6) is 0 Å². The molecule has 1 heterocycles. The molecular formula is C14H20N2O. The molecule has 3 nitrogen and oxygen atoms in total. The van der Waals surface area contributed by atoms with Gasteiger partial charge >= 0.3 is 0 Å². The Balaban J connectivity index is 1.95. The predicted octanol–water partition coefficient (Wildman–Crippen LogP) is 2.73. The van der Waals surface area contributed by atoms with Gasteiger partial charge in [-0.05, 0) is 30.5 Å². The van der Waals surface area contributed by atoms with Crippen molar-refractivity contribution in [2.75, 3.05) is 13.1 Å². The summed E-state index contributed by atoms with van der Waals surface area (Å²) in [4.78, 5) is 2.42. The SMILES string of the molecule is Cc1ccc(CN2CCC(=NO)CC2)cc1C. The Kier molecular flexibility index (Phi) is 3.79. The molecule has 0 aliphatic carbocycles. The van der Waals surface area contributed by atoms with E-state index in [1.807, 2.05) is 0 Å². The molecule has 1 aromatic carbocycles. The molecule has 17 heavy (non-hydrogen) atoms. The average Bonchev–Trinajstić information content (AvgIpc) is 2.35. The number of hydrogen-bond donors (Lipinski definition) is 1. The van der Waals surface area contributed by atoms with E-state index < -0.39 is 0 Å². The monoisotopic (exact) mass is 232 g/mol. The van der Waals surface area contributed by atoms with Crippen LogP contribution in [0.15, 0.2) is 23.4 Å².